The Bertz CT molecular complexity index is 1630. The van der Waals surface area contributed by atoms with Gasteiger partial charge in [0.25, 0.3) is 0 Å². The molecule has 1 heterocycles. The maximum Gasteiger partial charge on any atom is 0.148 e. The summed E-state index contributed by atoms with van der Waals surface area (Å²) >= 11 is 7.38. The summed E-state index contributed by atoms with van der Waals surface area (Å²) in [7, 11) is 0. The zero-order valence-electron chi connectivity index (χ0n) is 26.5. The van der Waals surface area contributed by atoms with Gasteiger partial charge in [-0.25, -0.2) is 0 Å². The van der Waals surface area contributed by atoms with Crippen molar-refractivity contribution in [3.63, 3.8) is 0 Å². The first-order chi connectivity index (χ1) is 23.7. The molecule has 48 heavy (non-hydrogen) atoms. The monoisotopic (exact) mass is 677 g/mol. The van der Waals surface area contributed by atoms with Gasteiger partial charge in [-0.05, 0) is 41.0 Å². The van der Waals surface area contributed by atoms with Gasteiger partial charge in [-0.15, -0.1) is 0 Å². The van der Waals surface area contributed by atoms with Gasteiger partial charge in [-0.3, -0.25) is 4.90 Å². The number of nitrogens with zero attached hydrogens (tertiary/aromatic N) is 1. The van der Waals surface area contributed by atoms with Gasteiger partial charge in [0, 0.05) is 11.4 Å². The minimum atomic E-state index is -1.06. The van der Waals surface area contributed by atoms with Crippen LogP contribution < -0.4 is 4.90 Å². The normalized spacial score (nSPS) is 20.6. The SMILES string of the molecule is O[C@@H]1[C@@H](OCc2ccccc2)[C@H](OCc2ccccc2)[C@@H](COCc2ccccc2)O[C@H]1SC(=S)N(c1ccccc1)c1ccccc1. The van der Waals surface area contributed by atoms with Crippen LogP contribution in [0.25, 0.3) is 0 Å². The fourth-order valence-corrected chi connectivity index (χ4v) is 7.09. The first-order valence-corrected chi connectivity index (χ1v) is 17.3. The van der Waals surface area contributed by atoms with Crippen LogP contribution in [-0.2, 0) is 38.8 Å². The maximum atomic E-state index is 12.0. The molecule has 5 aromatic carbocycles. The Morgan fingerprint density at radius 1 is 0.604 bits per heavy atom. The number of rotatable bonds is 13. The van der Waals surface area contributed by atoms with E-state index in [0.29, 0.717) is 24.1 Å². The molecule has 246 valence electrons. The number of hydrogen-bond donors (Lipinski definition) is 1. The highest BCUT2D eigenvalue weighted by molar-refractivity contribution is 8.23. The molecule has 1 aliphatic heterocycles. The molecule has 0 saturated carbocycles. The summed E-state index contributed by atoms with van der Waals surface area (Å²) in [5.74, 6) is 0. The van der Waals surface area contributed by atoms with Gasteiger partial charge in [0.2, 0.25) is 0 Å². The quantitative estimate of drug-likeness (QED) is 0.125. The van der Waals surface area contributed by atoms with E-state index in [4.69, 9.17) is 31.2 Å². The lowest BCUT2D eigenvalue weighted by Crippen LogP contribution is -2.60. The van der Waals surface area contributed by atoms with E-state index in [-0.39, 0.29) is 6.61 Å². The van der Waals surface area contributed by atoms with Gasteiger partial charge in [-0.2, -0.15) is 0 Å². The second kappa shape index (κ2) is 17.5. The van der Waals surface area contributed by atoms with Crippen molar-refractivity contribution in [1.29, 1.82) is 0 Å². The minimum Gasteiger partial charge on any atom is -0.387 e. The second-order valence-electron chi connectivity index (χ2n) is 11.4. The lowest BCUT2D eigenvalue weighted by atomic mass is 9.99. The Hall–Kier alpha value is -3.86. The summed E-state index contributed by atoms with van der Waals surface area (Å²) in [5, 5.41) is 12.0. The van der Waals surface area contributed by atoms with Gasteiger partial charge in [0.1, 0.15) is 34.2 Å². The number of para-hydroxylation sites is 2. The Morgan fingerprint density at radius 3 is 1.50 bits per heavy atom. The Morgan fingerprint density at radius 2 is 1.02 bits per heavy atom. The van der Waals surface area contributed by atoms with Crippen molar-refractivity contribution in [2.45, 2.75) is 49.7 Å². The van der Waals surface area contributed by atoms with E-state index in [0.717, 1.165) is 28.1 Å². The summed E-state index contributed by atoms with van der Waals surface area (Å²) in [4.78, 5) is 1.99. The predicted molar refractivity (Wildman–Crippen MR) is 196 cm³/mol. The molecule has 1 aliphatic rings. The zero-order valence-corrected chi connectivity index (χ0v) is 28.1. The van der Waals surface area contributed by atoms with Crippen LogP contribution in [0.3, 0.4) is 0 Å². The number of benzene rings is 5. The van der Waals surface area contributed by atoms with Gasteiger partial charge >= 0.3 is 0 Å². The molecular formula is C40H39NO5S2. The number of aliphatic hydroxyl groups is 1. The standard InChI is InChI=1S/C40H39NO5S2/c42-36-38(45-28-32-20-10-3-11-21-32)37(44-27-31-18-8-2-9-19-31)35(29-43-26-30-16-6-1-7-17-30)46-39(36)48-40(47)41(33-22-12-4-13-23-33)34-24-14-5-15-25-34/h1-25,35-39,42H,26-29H2/t35-,36-,37-,38-,39+/m1/s1. The highest BCUT2D eigenvalue weighted by Crippen LogP contribution is 2.37. The Balaban J connectivity index is 1.27. The Labute approximate surface area is 292 Å². The molecule has 0 amide bonds. The second-order valence-corrected chi connectivity index (χ2v) is 13.2. The average Bonchev–Trinajstić information content (AvgIpc) is 3.14. The number of thioether (sulfide) groups is 1. The molecule has 0 bridgehead atoms. The summed E-state index contributed by atoms with van der Waals surface area (Å²) in [6.45, 7) is 1.27. The third-order valence-corrected chi connectivity index (χ3v) is 9.48. The highest BCUT2D eigenvalue weighted by Gasteiger charge is 2.48. The van der Waals surface area contributed by atoms with E-state index in [2.05, 4.69) is 0 Å². The lowest BCUT2D eigenvalue weighted by Gasteiger charge is -2.44. The number of aliphatic hydroxyl groups excluding tert-OH is 1. The van der Waals surface area contributed by atoms with E-state index in [9.17, 15) is 5.11 Å². The van der Waals surface area contributed by atoms with Crippen molar-refractivity contribution in [1.82, 2.24) is 0 Å². The molecule has 0 aliphatic carbocycles. The molecule has 6 rings (SSSR count). The molecule has 0 radical (unpaired) electrons. The van der Waals surface area contributed by atoms with E-state index in [1.54, 1.807) is 0 Å². The van der Waals surface area contributed by atoms with Crippen molar-refractivity contribution in [3.05, 3.63) is 168 Å². The zero-order chi connectivity index (χ0) is 33.0. The van der Waals surface area contributed by atoms with Crippen LogP contribution in [-0.4, -0.2) is 45.9 Å². The lowest BCUT2D eigenvalue weighted by molar-refractivity contribution is -0.242. The molecule has 0 aromatic heterocycles. The van der Waals surface area contributed by atoms with Gasteiger partial charge < -0.3 is 24.1 Å². The number of ether oxygens (including phenoxy) is 4. The smallest absolute Gasteiger partial charge is 0.148 e. The highest BCUT2D eigenvalue weighted by atomic mass is 32.2. The molecule has 0 spiro atoms. The van der Waals surface area contributed by atoms with Gasteiger partial charge in [0.05, 0.1) is 26.4 Å². The van der Waals surface area contributed by atoms with Crippen LogP contribution in [0.1, 0.15) is 16.7 Å². The first-order valence-electron chi connectivity index (χ1n) is 16.0. The van der Waals surface area contributed by atoms with E-state index < -0.39 is 29.9 Å². The van der Waals surface area contributed by atoms with Crippen molar-refractivity contribution in [2.24, 2.45) is 0 Å². The largest absolute Gasteiger partial charge is 0.387 e. The molecular weight excluding hydrogens is 639 g/mol. The number of thiocarbonyl (C=S) groups is 1. The molecule has 8 heteroatoms. The fourth-order valence-electron chi connectivity index (χ4n) is 5.58. The van der Waals surface area contributed by atoms with Crippen LogP contribution in [0.2, 0.25) is 0 Å². The molecule has 1 N–H and O–H groups in total. The number of anilines is 2. The van der Waals surface area contributed by atoms with Crippen LogP contribution >= 0.6 is 24.0 Å². The molecule has 1 fully saturated rings. The van der Waals surface area contributed by atoms with Crippen molar-refractivity contribution in [3.8, 4) is 0 Å². The predicted octanol–water partition coefficient (Wildman–Crippen LogP) is 8.32. The van der Waals surface area contributed by atoms with Crippen molar-refractivity contribution >= 4 is 39.7 Å². The molecule has 5 atom stereocenters. The van der Waals surface area contributed by atoms with Crippen LogP contribution in [0, 0.1) is 0 Å². The Kier molecular flexibility index (Phi) is 12.4. The van der Waals surface area contributed by atoms with E-state index in [1.807, 2.05) is 157 Å². The first kappa shape index (κ1) is 34.0. The van der Waals surface area contributed by atoms with Crippen molar-refractivity contribution in [2.75, 3.05) is 11.5 Å². The minimum absolute atomic E-state index is 0.233. The summed E-state index contributed by atoms with van der Waals surface area (Å²) < 4.78 is 26.5. The third kappa shape index (κ3) is 9.18. The van der Waals surface area contributed by atoms with Gasteiger partial charge in [0.15, 0.2) is 0 Å². The summed E-state index contributed by atoms with van der Waals surface area (Å²) in [6.07, 6.45) is -2.96. The van der Waals surface area contributed by atoms with Crippen LogP contribution in [0.15, 0.2) is 152 Å². The fraction of sp³-hybridized carbons (Fsp3) is 0.225. The van der Waals surface area contributed by atoms with Crippen molar-refractivity contribution < 1.29 is 24.1 Å². The topological polar surface area (TPSA) is 60.4 Å². The van der Waals surface area contributed by atoms with Crippen LogP contribution in [0.5, 0.6) is 0 Å². The van der Waals surface area contributed by atoms with Gasteiger partial charge in [-0.1, -0.05) is 151 Å². The van der Waals surface area contributed by atoms with E-state index in [1.165, 1.54) is 11.8 Å². The maximum absolute atomic E-state index is 12.0. The molecule has 0 unspecified atom stereocenters. The van der Waals surface area contributed by atoms with E-state index >= 15 is 0 Å². The van der Waals surface area contributed by atoms with Crippen LogP contribution in [0.4, 0.5) is 11.4 Å². The third-order valence-electron chi connectivity index (χ3n) is 8.01. The number of hydrogen-bond acceptors (Lipinski definition) is 7. The molecule has 6 nitrogen and oxygen atoms in total. The molecule has 5 aromatic rings. The average molecular weight is 678 g/mol. The summed E-state index contributed by atoms with van der Waals surface area (Å²) in [5.41, 5.74) is 4.13. The molecule has 1 saturated heterocycles. The summed E-state index contributed by atoms with van der Waals surface area (Å²) in [6, 6.07) is 49.8.